The van der Waals surface area contributed by atoms with Gasteiger partial charge in [-0.2, -0.15) is 0 Å². The summed E-state index contributed by atoms with van der Waals surface area (Å²) in [4.78, 5) is 0. The summed E-state index contributed by atoms with van der Waals surface area (Å²) in [5.41, 5.74) is 0. The topological polar surface area (TPSA) is 99.4 Å². The van der Waals surface area contributed by atoms with Gasteiger partial charge in [-0.1, -0.05) is 12.8 Å². The first-order valence-electron chi connectivity index (χ1n) is 7.71. The Morgan fingerprint density at radius 3 is 1.57 bits per heavy atom. The zero-order valence-corrected chi connectivity index (χ0v) is 13.7. The van der Waals surface area contributed by atoms with Crippen molar-refractivity contribution in [3.8, 4) is 0 Å². The molecule has 0 aromatic heterocycles. The molecule has 0 saturated carbocycles. The van der Waals surface area contributed by atoms with Gasteiger partial charge in [-0.05, 0) is 33.6 Å². The fourth-order valence-electron chi connectivity index (χ4n) is 1.28. The van der Waals surface area contributed by atoms with Crippen molar-refractivity contribution < 1.29 is 29.9 Å². The lowest BCUT2D eigenvalue weighted by molar-refractivity contribution is -0.0620. The molecule has 0 aliphatic rings. The molecule has 0 aromatic rings. The molecule has 0 amide bonds. The van der Waals surface area contributed by atoms with Crippen molar-refractivity contribution >= 4 is 0 Å². The van der Waals surface area contributed by atoms with Crippen LogP contribution in [0, 0.1) is 0 Å². The van der Waals surface area contributed by atoms with Crippen molar-refractivity contribution in [1.29, 1.82) is 0 Å². The lowest BCUT2D eigenvalue weighted by Gasteiger charge is -2.16. The largest absolute Gasteiger partial charge is 0.396 e. The molecule has 4 N–H and O–H groups in total. The molecule has 0 rings (SSSR count). The molecule has 21 heavy (non-hydrogen) atoms. The van der Waals surface area contributed by atoms with Crippen molar-refractivity contribution in [2.24, 2.45) is 0 Å². The molecule has 0 radical (unpaired) electrons. The lowest BCUT2D eigenvalue weighted by Crippen LogP contribution is -2.24. The van der Waals surface area contributed by atoms with E-state index in [4.69, 9.17) is 29.9 Å². The third kappa shape index (κ3) is 22.2. The number of ether oxygens (including phenoxy) is 2. The second-order valence-corrected chi connectivity index (χ2v) is 5.18. The Hall–Kier alpha value is -0.240. The predicted molar refractivity (Wildman–Crippen MR) is 82.2 cm³/mol. The molecule has 6 heteroatoms. The van der Waals surface area contributed by atoms with Gasteiger partial charge < -0.3 is 29.9 Å². The zero-order valence-electron chi connectivity index (χ0n) is 13.7. The van der Waals surface area contributed by atoms with Crippen molar-refractivity contribution in [3.63, 3.8) is 0 Å². The van der Waals surface area contributed by atoms with Gasteiger partial charge >= 0.3 is 0 Å². The molecule has 0 heterocycles. The summed E-state index contributed by atoms with van der Waals surface area (Å²) in [5, 5.41) is 34.2. The number of aliphatic hydroxyl groups is 4. The Bertz CT molecular complexity index is 183. The van der Waals surface area contributed by atoms with E-state index in [2.05, 4.69) is 0 Å². The molecule has 0 fully saturated rings. The van der Waals surface area contributed by atoms with Gasteiger partial charge in [-0.25, -0.2) is 0 Å². The van der Waals surface area contributed by atoms with E-state index in [1.54, 1.807) is 13.8 Å². The van der Waals surface area contributed by atoms with E-state index in [1.165, 1.54) is 0 Å². The molecular formula is C15H34O6. The maximum absolute atomic E-state index is 8.92. The molecule has 130 valence electrons. The number of rotatable bonds is 12. The van der Waals surface area contributed by atoms with Crippen LogP contribution in [0.1, 0.15) is 46.5 Å². The smallest absolute Gasteiger partial charge is 0.0781 e. The van der Waals surface area contributed by atoms with Crippen LogP contribution in [0.5, 0.6) is 0 Å². The minimum atomic E-state index is -0.447. The fourth-order valence-corrected chi connectivity index (χ4v) is 1.28. The van der Waals surface area contributed by atoms with E-state index < -0.39 is 6.10 Å². The number of hydrogen-bond donors (Lipinski definition) is 4. The van der Waals surface area contributed by atoms with Gasteiger partial charge in [-0.3, -0.25) is 0 Å². The Morgan fingerprint density at radius 1 is 0.714 bits per heavy atom. The Kier molecular flexibility index (Phi) is 19.5. The monoisotopic (exact) mass is 310 g/mol. The average Bonchev–Trinajstić information content (AvgIpc) is 2.47. The molecule has 0 saturated heterocycles. The van der Waals surface area contributed by atoms with E-state index in [1.807, 2.05) is 6.92 Å². The molecule has 0 aliphatic heterocycles. The fraction of sp³-hybridized carbons (Fsp3) is 1.00. The highest BCUT2D eigenvalue weighted by Crippen LogP contribution is 1.97. The third-order valence-electron chi connectivity index (χ3n) is 2.56. The summed E-state index contributed by atoms with van der Waals surface area (Å²) in [6.07, 6.45) is 3.17. The molecular weight excluding hydrogens is 276 g/mol. The van der Waals surface area contributed by atoms with Crippen LogP contribution in [-0.4, -0.2) is 71.8 Å². The van der Waals surface area contributed by atoms with Crippen LogP contribution >= 0.6 is 0 Å². The predicted octanol–water partition coefficient (Wildman–Crippen LogP) is 0.701. The van der Waals surface area contributed by atoms with Crippen molar-refractivity contribution in [3.05, 3.63) is 0 Å². The Morgan fingerprint density at radius 2 is 1.19 bits per heavy atom. The molecule has 0 bridgehead atoms. The standard InChI is InChI=1S/C9H20O4.C6H14O2/c1-7(11)5-12-9(3)6-13-8(2)4-10;7-5-3-1-2-4-6-8/h7-11H,4-6H2,1-3H3;7-8H,1-6H2. The van der Waals surface area contributed by atoms with Crippen molar-refractivity contribution in [2.45, 2.75) is 64.8 Å². The first-order valence-corrected chi connectivity index (χ1v) is 7.71. The first kappa shape index (κ1) is 23.0. The van der Waals surface area contributed by atoms with E-state index in [9.17, 15) is 0 Å². The molecule has 3 atom stereocenters. The quantitative estimate of drug-likeness (QED) is 0.396. The summed E-state index contributed by atoms with van der Waals surface area (Å²) in [5.74, 6) is 0. The van der Waals surface area contributed by atoms with Crippen LogP contribution in [-0.2, 0) is 9.47 Å². The zero-order chi connectivity index (χ0) is 16.5. The molecule has 6 nitrogen and oxygen atoms in total. The van der Waals surface area contributed by atoms with Crippen LogP contribution < -0.4 is 0 Å². The first-order chi connectivity index (χ1) is 9.97. The van der Waals surface area contributed by atoms with Crippen LogP contribution in [0.3, 0.4) is 0 Å². The molecule has 0 aromatic carbocycles. The van der Waals surface area contributed by atoms with Crippen LogP contribution in [0.25, 0.3) is 0 Å². The van der Waals surface area contributed by atoms with E-state index >= 15 is 0 Å². The maximum Gasteiger partial charge on any atom is 0.0781 e. The van der Waals surface area contributed by atoms with Gasteiger partial charge in [0.25, 0.3) is 0 Å². The van der Waals surface area contributed by atoms with Gasteiger partial charge in [0.15, 0.2) is 0 Å². The van der Waals surface area contributed by atoms with Gasteiger partial charge in [0.1, 0.15) is 0 Å². The molecule has 0 aliphatic carbocycles. The lowest BCUT2D eigenvalue weighted by atomic mass is 10.2. The summed E-state index contributed by atoms with van der Waals surface area (Å²) >= 11 is 0. The van der Waals surface area contributed by atoms with Gasteiger partial charge in [0.2, 0.25) is 0 Å². The molecule has 0 spiro atoms. The highest BCUT2D eigenvalue weighted by Gasteiger charge is 2.06. The number of unbranched alkanes of at least 4 members (excludes halogenated alkanes) is 3. The van der Waals surface area contributed by atoms with Gasteiger partial charge in [0.05, 0.1) is 38.1 Å². The summed E-state index contributed by atoms with van der Waals surface area (Å²) in [6.45, 7) is 6.67. The molecule has 3 unspecified atom stereocenters. The van der Waals surface area contributed by atoms with Crippen LogP contribution in [0.2, 0.25) is 0 Å². The number of aliphatic hydroxyl groups excluding tert-OH is 4. The SMILES string of the molecule is CC(O)COC(C)COC(C)CO.OCCCCCCO. The highest BCUT2D eigenvalue weighted by molar-refractivity contribution is 4.52. The van der Waals surface area contributed by atoms with Gasteiger partial charge in [-0.15, -0.1) is 0 Å². The third-order valence-corrected chi connectivity index (χ3v) is 2.56. The Balaban J connectivity index is 0. The van der Waals surface area contributed by atoms with Crippen LogP contribution in [0.15, 0.2) is 0 Å². The average molecular weight is 310 g/mol. The van der Waals surface area contributed by atoms with Crippen molar-refractivity contribution in [2.75, 3.05) is 33.0 Å². The minimum absolute atomic E-state index is 0.0170. The second kappa shape index (κ2) is 17.8. The van der Waals surface area contributed by atoms with Gasteiger partial charge in [0, 0.05) is 13.2 Å². The van der Waals surface area contributed by atoms with E-state index in [0.29, 0.717) is 13.2 Å². The maximum atomic E-state index is 8.92. The normalized spacial score (nSPS) is 15.0. The van der Waals surface area contributed by atoms with E-state index in [0.717, 1.165) is 25.7 Å². The summed E-state index contributed by atoms with van der Waals surface area (Å²) < 4.78 is 10.5. The van der Waals surface area contributed by atoms with Crippen molar-refractivity contribution in [1.82, 2.24) is 0 Å². The highest BCUT2D eigenvalue weighted by atomic mass is 16.5. The summed E-state index contributed by atoms with van der Waals surface area (Å²) in [7, 11) is 0. The Labute approximate surface area is 128 Å². The van der Waals surface area contributed by atoms with E-state index in [-0.39, 0.29) is 32.0 Å². The second-order valence-electron chi connectivity index (χ2n) is 5.18. The summed E-state index contributed by atoms with van der Waals surface area (Å²) in [6, 6.07) is 0. The number of hydrogen-bond acceptors (Lipinski definition) is 6. The van der Waals surface area contributed by atoms with Crippen LogP contribution in [0.4, 0.5) is 0 Å². The minimum Gasteiger partial charge on any atom is -0.396 e.